The van der Waals surface area contributed by atoms with Gasteiger partial charge in [0.1, 0.15) is 5.92 Å². The highest BCUT2D eigenvalue weighted by Gasteiger charge is 2.22. The number of nitriles is 1. The summed E-state index contributed by atoms with van der Waals surface area (Å²) in [6.45, 7) is 0.681. The molecule has 1 unspecified atom stereocenters. The second kappa shape index (κ2) is 9.14. The number of carbonyl (C=O) groups is 4. The highest BCUT2D eigenvalue weighted by atomic mass is 16.5. The average molecular weight is 376 g/mol. The fourth-order valence-corrected chi connectivity index (χ4v) is 2.32. The summed E-state index contributed by atoms with van der Waals surface area (Å²) in [6, 6.07) is 15.0. The standard InChI is InChI=1S/C21H16N2O5/c1-13(23)17(11-22)18(24)12-28-21(27)16-9-7-15(8-10-16)20(26)19(25)14-5-3-2-4-6-14/h2-10,17,23H,12H2,1H3. The van der Waals surface area contributed by atoms with E-state index in [-0.39, 0.29) is 22.4 Å². The van der Waals surface area contributed by atoms with Gasteiger partial charge in [-0.1, -0.05) is 42.5 Å². The molecule has 0 amide bonds. The van der Waals surface area contributed by atoms with Crippen molar-refractivity contribution in [2.75, 3.05) is 6.61 Å². The zero-order valence-corrected chi connectivity index (χ0v) is 15.0. The number of esters is 1. The summed E-state index contributed by atoms with van der Waals surface area (Å²) >= 11 is 0. The summed E-state index contributed by atoms with van der Waals surface area (Å²) in [6.07, 6.45) is 0. The van der Waals surface area contributed by atoms with Crippen LogP contribution in [0.15, 0.2) is 54.6 Å². The lowest BCUT2D eigenvalue weighted by atomic mass is 10.0. The molecule has 0 spiro atoms. The van der Waals surface area contributed by atoms with Crippen molar-refractivity contribution in [3.05, 3.63) is 71.3 Å². The number of benzene rings is 2. The highest BCUT2D eigenvalue weighted by Crippen LogP contribution is 2.11. The molecule has 28 heavy (non-hydrogen) atoms. The quantitative estimate of drug-likeness (QED) is 0.327. The zero-order chi connectivity index (χ0) is 20.7. The van der Waals surface area contributed by atoms with E-state index in [1.165, 1.54) is 43.3 Å². The summed E-state index contributed by atoms with van der Waals surface area (Å²) in [4.78, 5) is 48.2. The third kappa shape index (κ3) is 4.83. The molecule has 0 aliphatic carbocycles. The Morgan fingerprint density at radius 2 is 1.43 bits per heavy atom. The summed E-state index contributed by atoms with van der Waals surface area (Å²) in [7, 11) is 0. The first-order valence-electron chi connectivity index (χ1n) is 8.23. The topological polar surface area (TPSA) is 125 Å². The van der Waals surface area contributed by atoms with Crippen molar-refractivity contribution >= 4 is 29.0 Å². The molecule has 0 aromatic heterocycles. The Labute approximate surface area is 161 Å². The minimum atomic E-state index is -1.25. The van der Waals surface area contributed by atoms with Crippen LogP contribution in [0.2, 0.25) is 0 Å². The van der Waals surface area contributed by atoms with Gasteiger partial charge >= 0.3 is 5.97 Å². The first-order chi connectivity index (χ1) is 13.3. The Kier molecular flexibility index (Phi) is 6.66. The number of hydrogen-bond donors (Lipinski definition) is 1. The molecule has 2 aromatic carbocycles. The fourth-order valence-electron chi connectivity index (χ4n) is 2.32. The first-order valence-corrected chi connectivity index (χ1v) is 8.23. The van der Waals surface area contributed by atoms with E-state index in [2.05, 4.69) is 0 Å². The molecule has 2 aromatic rings. The van der Waals surface area contributed by atoms with Crippen molar-refractivity contribution in [1.82, 2.24) is 0 Å². The lowest BCUT2D eigenvalue weighted by Gasteiger charge is -2.08. The van der Waals surface area contributed by atoms with Gasteiger partial charge in [-0.3, -0.25) is 14.4 Å². The molecule has 140 valence electrons. The van der Waals surface area contributed by atoms with Crippen LogP contribution in [0.4, 0.5) is 0 Å². The molecule has 0 saturated carbocycles. The number of rotatable bonds is 8. The maximum atomic E-state index is 12.3. The molecule has 0 bridgehead atoms. The van der Waals surface area contributed by atoms with Crippen LogP contribution in [0.1, 0.15) is 38.0 Å². The van der Waals surface area contributed by atoms with E-state index in [4.69, 9.17) is 15.4 Å². The summed E-state index contributed by atoms with van der Waals surface area (Å²) in [5, 5.41) is 16.2. The van der Waals surface area contributed by atoms with Gasteiger partial charge in [-0.15, -0.1) is 0 Å². The van der Waals surface area contributed by atoms with Crippen molar-refractivity contribution in [3.8, 4) is 6.07 Å². The van der Waals surface area contributed by atoms with E-state index in [1.807, 2.05) is 0 Å². The molecule has 1 atom stereocenters. The van der Waals surface area contributed by atoms with Gasteiger partial charge in [0.15, 0.2) is 12.4 Å². The van der Waals surface area contributed by atoms with Crippen LogP contribution in [0.5, 0.6) is 0 Å². The molecule has 0 fully saturated rings. The van der Waals surface area contributed by atoms with Gasteiger partial charge in [-0.25, -0.2) is 4.79 Å². The van der Waals surface area contributed by atoms with Crippen molar-refractivity contribution in [2.24, 2.45) is 5.92 Å². The van der Waals surface area contributed by atoms with Crippen molar-refractivity contribution in [3.63, 3.8) is 0 Å². The van der Waals surface area contributed by atoms with Crippen LogP contribution in [0.3, 0.4) is 0 Å². The molecule has 1 N–H and O–H groups in total. The molecule has 0 heterocycles. The van der Waals surface area contributed by atoms with E-state index in [9.17, 15) is 19.2 Å². The number of nitrogens with zero attached hydrogens (tertiary/aromatic N) is 1. The molecule has 0 aliphatic heterocycles. The van der Waals surface area contributed by atoms with Crippen LogP contribution in [-0.2, 0) is 9.53 Å². The van der Waals surface area contributed by atoms with Gasteiger partial charge in [0.05, 0.1) is 11.6 Å². The largest absolute Gasteiger partial charge is 0.454 e. The number of Topliss-reactive ketones (excluding diaryl/α,β-unsaturated/α-hetero) is 3. The molecule has 0 aliphatic rings. The Balaban J connectivity index is 2.02. The van der Waals surface area contributed by atoms with Gasteiger partial charge in [0.2, 0.25) is 11.6 Å². The second-order valence-corrected chi connectivity index (χ2v) is 5.89. The van der Waals surface area contributed by atoms with E-state index >= 15 is 0 Å². The highest BCUT2D eigenvalue weighted by molar-refractivity contribution is 6.49. The van der Waals surface area contributed by atoms with Gasteiger partial charge in [-0.05, 0) is 19.1 Å². The second-order valence-electron chi connectivity index (χ2n) is 5.89. The van der Waals surface area contributed by atoms with Gasteiger partial charge in [0, 0.05) is 16.8 Å². The maximum Gasteiger partial charge on any atom is 0.338 e. The van der Waals surface area contributed by atoms with E-state index in [0.717, 1.165) is 0 Å². The van der Waals surface area contributed by atoms with Gasteiger partial charge < -0.3 is 10.1 Å². The fraction of sp³-hybridized carbons (Fsp3) is 0.143. The van der Waals surface area contributed by atoms with Crippen LogP contribution >= 0.6 is 0 Å². The number of carbonyl (C=O) groups excluding carboxylic acids is 4. The average Bonchev–Trinajstić information content (AvgIpc) is 2.72. The maximum absolute atomic E-state index is 12.3. The smallest absolute Gasteiger partial charge is 0.338 e. The number of hydrogen-bond acceptors (Lipinski definition) is 7. The molecule has 7 heteroatoms. The van der Waals surface area contributed by atoms with Crippen LogP contribution in [-0.4, -0.2) is 35.6 Å². The monoisotopic (exact) mass is 376 g/mol. The summed E-state index contributed by atoms with van der Waals surface area (Å²) in [5.74, 6) is -4.13. The number of nitrogens with one attached hydrogen (secondary N) is 1. The van der Waals surface area contributed by atoms with E-state index in [1.54, 1.807) is 24.3 Å². The summed E-state index contributed by atoms with van der Waals surface area (Å²) < 4.78 is 4.85. The van der Waals surface area contributed by atoms with Crippen LogP contribution in [0, 0.1) is 22.7 Å². The van der Waals surface area contributed by atoms with Gasteiger partial charge in [0.25, 0.3) is 0 Å². The predicted molar refractivity (Wildman–Crippen MR) is 99.3 cm³/mol. The van der Waals surface area contributed by atoms with Crippen LogP contribution in [0.25, 0.3) is 0 Å². The molecular weight excluding hydrogens is 360 g/mol. The molecule has 0 saturated heterocycles. The van der Waals surface area contributed by atoms with Crippen molar-refractivity contribution < 1.29 is 23.9 Å². The molecule has 7 nitrogen and oxygen atoms in total. The van der Waals surface area contributed by atoms with Crippen LogP contribution < -0.4 is 0 Å². The normalized spacial score (nSPS) is 11.0. The Bertz CT molecular complexity index is 972. The number of ketones is 3. The van der Waals surface area contributed by atoms with Crippen molar-refractivity contribution in [2.45, 2.75) is 6.92 Å². The lowest BCUT2D eigenvalue weighted by Crippen LogP contribution is -2.25. The van der Waals surface area contributed by atoms with E-state index < -0.39 is 35.8 Å². The first kappa shape index (κ1) is 20.4. The lowest BCUT2D eigenvalue weighted by molar-refractivity contribution is -0.122. The third-order valence-electron chi connectivity index (χ3n) is 3.85. The molecule has 2 rings (SSSR count). The van der Waals surface area contributed by atoms with E-state index in [0.29, 0.717) is 0 Å². The third-order valence-corrected chi connectivity index (χ3v) is 3.85. The Morgan fingerprint density at radius 1 is 0.929 bits per heavy atom. The number of ether oxygens (including phenoxy) is 1. The zero-order valence-electron chi connectivity index (χ0n) is 15.0. The minimum absolute atomic E-state index is 0.0802. The molecular formula is C21H16N2O5. The predicted octanol–water partition coefficient (Wildman–Crippen LogP) is 2.66. The Hall–Kier alpha value is -3.92. The summed E-state index contributed by atoms with van der Waals surface area (Å²) in [5.41, 5.74) is 0.333. The molecule has 0 radical (unpaired) electrons. The van der Waals surface area contributed by atoms with Crippen molar-refractivity contribution in [1.29, 1.82) is 10.7 Å². The SMILES string of the molecule is CC(=N)C(C#N)C(=O)COC(=O)c1ccc(C(=O)C(=O)c2ccccc2)cc1. The Morgan fingerprint density at radius 3 is 1.93 bits per heavy atom. The minimum Gasteiger partial charge on any atom is -0.454 e. The van der Waals surface area contributed by atoms with Gasteiger partial charge in [-0.2, -0.15) is 5.26 Å².